The minimum Gasteiger partial charge on any atom is -0.512 e. The number of aliphatic hydroxyl groups is 1. The zero-order valence-corrected chi connectivity index (χ0v) is 6.62. The molecule has 0 amide bonds. The Hall–Kier alpha value is -1.12. The van der Waals surface area contributed by atoms with Gasteiger partial charge in [0.15, 0.2) is 5.78 Å². The van der Waals surface area contributed by atoms with Crippen LogP contribution in [0.2, 0.25) is 0 Å². The number of hydrogen-bond acceptors (Lipinski definition) is 3. The van der Waals surface area contributed by atoms with E-state index in [-0.39, 0.29) is 23.2 Å². The molecule has 1 saturated carbocycles. The number of carbonyl (C=O) groups is 2. The summed E-state index contributed by atoms with van der Waals surface area (Å²) in [5, 5.41) is 9.31. The summed E-state index contributed by atoms with van der Waals surface area (Å²) in [5.41, 5.74) is 0. The lowest BCUT2D eigenvalue weighted by Crippen LogP contribution is -2.34. The van der Waals surface area contributed by atoms with Crippen LogP contribution in [0.5, 0.6) is 0 Å². The van der Waals surface area contributed by atoms with E-state index in [1.54, 1.807) is 0 Å². The summed E-state index contributed by atoms with van der Waals surface area (Å²) >= 11 is 0. The first-order valence-corrected chi connectivity index (χ1v) is 4.15. The van der Waals surface area contributed by atoms with Crippen LogP contribution in [0.1, 0.15) is 19.3 Å². The quantitative estimate of drug-likeness (QED) is 0.546. The Balaban J connectivity index is 2.34. The topological polar surface area (TPSA) is 54.4 Å². The molecule has 64 valence electrons. The van der Waals surface area contributed by atoms with Crippen molar-refractivity contribution < 1.29 is 14.7 Å². The molecule has 2 atom stereocenters. The van der Waals surface area contributed by atoms with Gasteiger partial charge in [0.05, 0.1) is 11.7 Å². The van der Waals surface area contributed by atoms with Gasteiger partial charge in [-0.15, -0.1) is 0 Å². The number of allylic oxidation sites excluding steroid dienone is 2. The highest BCUT2D eigenvalue weighted by Crippen LogP contribution is 2.35. The second-order valence-corrected chi connectivity index (χ2v) is 3.46. The van der Waals surface area contributed by atoms with Crippen molar-refractivity contribution in [2.45, 2.75) is 19.3 Å². The van der Waals surface area contributed by atoms with Crippen LogP contribution in [0.15, 0.2) is 11.8 Å². The Bertz CT molecular complexity index is 277. The highest BCUT2D eigenvalue weighted by atomic mass is 16.3. The van der Waals surface area contributed by atoms with E-state index in [2.05, 4.69) is 0 Å². The molecule has 3 nitrogen and oxygen atoms in total. The first-order valence-electron chi connectivity index (χ1n) is 4.15. The SMILES string of the molecule is O=C1C=C(O)C2CCC(=O)C1C2. The number of carbonyl (C=O) groups excluding carboxylic acids is 2. The van der Waals surface area contributed by atoms with Crippen molar-refractivity contribution >= 4 is 11.6 Å². The molecule has 0 aromatic carbocycles. The molecule has 0 radical (unpaired) electrons. The number of hydrogen-bond donors (Lipinski definition) is 1. The maximum Gasteiger partial charge on any atom is 0.169 e. The molecule has 2 aliphatic carbocycles. The summed E-state index contributed by atoms with van der Waals surface area (Å²) < 4.78 is 0. The molecule has 1 fully saturated rings. The molecule has 3 heteroatoms. The fraction of sp³-hybridized carbons (Fsp3) is 0.556. The molecule has 2 bridgehead atoms. The van der Waals surface area contributed by atoms with Gasteiger partial charge in [-0.1, -0.05) is 0 Å². The minimum absolute atomic E-state index is 0.0417. The van der Waals surface area contributed by atoms with Gasteiger partial charge >= 0.3 is 0 Å². The van der Waals surface area contributed by atoms with Crippen molar-refractivity contribution in [1.29, 1.82) is 0 Å². The molecule has 0 heterocycles. The van der Waals surface area contributed by atoms with Crippen molar-refractivity contribution in [2.75, 3.05) is 0 Å². The van der Waals surface area contributed by atoms with Gasteiger partial charge in [-0.05, 0) is 12.8 Å². The van der Waals surface area contributed by atoms with Crippen LogP contribution in [0, 0.1) is 11.8 Å². The van der Waals surface area contributed by atoms with E-state index in [0.29, 0.717) is 19.3 Å². The van der Waals surface area contributed by atoms with Gasteiger partial charge in [-0.25, -0.2) is 0 Å². The number of rotatable bonds is 0. The van der Waals surface area contributed by atoms with Crippen molar-refractivity contribution in [3.63, 3.8) is 0 Å². The van der Waals surface area contributed by atoms with Gasteiger partial charge in [-0.3, -0.25) is 9.59 Å². The van der Waals surface area contributed by atoms with E-state index in [1.165, 1.54) is 6.08 Å². The molecule has 2 rings (SSSR count). The number of ketones is 2. The second kappa shape index (κ2) is 2.44. The van der Waals surface area contributed by atoms with Gasteiger partial charge in [0, 0.05) is 18.4 Å². The fourth-order valence-electron chi connectivity index (χ4n) is 1.93. The summed E-state index contributed by atoms with van der Waals surface area (Å²) in [4.78, 5) is 22.4. The zero-order valence-electron chi connectivity index (χ0n) is 6.62. The van der Waals surface area contributed by atoms with Gasteiger partial charge < -0.3 is 5.11 Å². The number of Topliss-reactive ketones (excluding diaryl/α,β-unsaturated/α-hetero) is 1. The van der Waals surface area contributed by atoms with E-state index >= 15 is 0 Å². The summed E-state index contributed by atoms with van der Waals surface area (Å²) in [6.07, 6.45) is 2.89. The van der Waals surface area contributed by atoms with Gasteiger partial charge in [0.25, 0.3) is 0 Å². The number of fused-ring (bicyclic) bond motifs is 2. The molecule has 12 heavy (non-hydrogen) atoms. The van der Waals surface area contributed by atoms with E-state index in [1.807, 2.05) is 0 Å². The molecule has 2 aliphatic rings. The summed E-state index contributed by atoms with van der Waals surface area (Å²) in [6, 6.07) is 0. The smallest absolute Gasteiger partial charge is 0.169 e. The van der Waals surface area contributed by atoms with E-state index in [4.69, 9.17) is 0 Å². The van der Waals surface area contributed by atoms with E-state index in [9.17, 15) is 14.7 Å². The highest BCUT2D eigenvalue weighted by molar-refractivity contribution is 6.08. The summed E-state index contributed by atoms with van der Waals surface area (Å²) in [6.45, 7) is 0. The molecule has 1 N–H and O–H groups in total. The van der Waals surface area contributed by atoms with Crippen molar-refractivity contribution in [1.82, 2.24) is 0 Å². The zero-order chi connectivity index (χ0) is 8.72. The van der Waals surface area contributed by atoms with Crippen LogP contribution in [0.4, 0.5) is 0 Å². The van der Waals surface area contributed by atoms with Gasteiger partial charge in [0.1, 0.15) is 5.78 Å². The van der Waals surface area contributed by atoms with Crippen LogP contribution < -0.4 is 0 Å². The Morgan fingerprint density at radius 2 is 2.17 bits per heavy atom. The van der Waals surface area contributed by atoms with Crippen LogP contribution in [0.25, 0.3) is 0 Å². The third-order valence-electron chi connectivity index (χ3n) is 2.70. The first kappa shape index (κ1) is 7.53. The summed E-state index contributed by atoms with van der Waals surface area (Å²) in [7, 11) is 0. The monoisotopic (exact) mass is 166 g/mol. The molecular formula is C9H10O3. The Kier molecular flexibility index (Phi) is 1.53. The highest BCUT2D eigenvalue weighted by Gasteiger charge is 2.38. The van der Waals surface area contributed by atoms with E-state index < -0.39 is 5.92 Å². The average molecular weight is 166 g/mol. The molecule has 0 aromatic rings. The standard InChI is InChI=1S/C9H10O3/c10-7-2-1-5-3-6(7)9(12)4-8(5)11/h4-6,11H,1-3H2. The van der Waals surface area contributed by atoms with Crippen molar-refractivity contribution in [3.8, 4) is 0 Å². The normalized spacial score (nSPS) is 34.8. The maximum absolute atomic E-state index is 11.2. The summed E-state index contributed by atoms with van der Waals surface area (Å²) in [5.74, 6) is -0.387. The molecule has 0 spiro atoms. The van der Waals surface area contributed by atoms with Gasteiger partial charge in [0.2, 0.25) is 0 Å². The maximum atomic E-state index is 11.2. The average Bonchev–Trinajstić information content (AvgIpc) is 2.03. The van der Waals surface area contributed by atoms with Gasteiger partial charge in [-0.2, -0.15) is 0 Å². The van der Waals surface area contributed by atoms with Crippen LogP contribution in [-0.4, -0.2) is 16.7 Å². The van der Waals surface area contributed by atoms with Crippen molar-refractivity contribution in [3.05, 3.63) is 11.8 Å². The fourth-order valence-corrected chi connectivity index (χ4v) is 1.93. The van der Waals surface area contributed by atoms with Crippen LogP contribution >= 0.6 is 0 Å². The lowest BCUT2D eigenvalue weighted by Gasteiger charge is -2.29. The third kappa shape index (κ3) is 0.967. The largest absolute Gasteiger partial charge is 0.512 e. The molecule has 2 unspecified atom stereocenters. The Morgan fingerprint density at radius 1 is 1.42 bits per heavy atom. The second-order valence-electron chi connectivity index (χ2n) is 3.46. The van der Waals surface area contributed by atoms with E-state index in [0.717, 1.165) is 0 Å². The Labute approximate surface area is 70.1 Å². The lowest BCUT2D eigenvalue weighted by atomic mass is 9.74. The molecule has 0 aromatic heterocycles. The third-order valence-corrected chi connectivity index (χ3v) is 2.70. The molecule has 0 aliphatic heterocycles. The lowest BCUT2D eigenvalue weighted by molar-refractivity contribution is -0.133. The predicted octanol–water partition coefficient (Wildman–Crippen LogP) is 0.996. The molecule has 0 saturated heterocycles. The van der Waals surface area contributed by atoms with Crippen LogP contribution in [0.3, 0.4) is 0 Å². The molecular weight excluding hydrogens is 156 g/mol. The van der Waals surface area contributed by atoms with Crippen molar-refractivity contribution in [2.24, 2.45) is 11.8 Å². The number of aliphatic hydroxyl groups excluding tert-OH is 1. The first-order chi connectivity index (χ1) is 5.68. The Morgan fingerprint density at radius 3 is 2.92 bits per heavy atom. The predicted molar refractivity (Wildman–Crippen MR) is 41.6 cm³/mol. The minimum atomic E-state index is -0.445. The van der Waals surface area contributed by atoms with Crippen LogP contribution in [-0.2, 0) is 9.59 Å².